The molecule has 2 aromatic carbocycles. The van der Waals surface area contributed by atoms with Gasteiger partial charge in [0.05, 0.1) is 21.5 Å². The highest BCUT2D eigenvalue weighted by atomic mass is 32.2. The Balaban J connectivity index is 1.42. The molecule has 4 rings (SSSR count). The number of fused-ring (bicyclic) bond motifs is 2. The number of sulfonamides is 1. The Bertz CT molecular complexity index is 1410. The van der Waals surface area contributed by atoms with Gasteiger partial charge in [0.25, 0.3) is 0 Å². The lowest BCUT2D eigenvalue weighted by Gasteiger charge is -2.41. The van der Waals surface area contributed by atoms with E-state index >= 15 is 0 Å². The monoisotopic (exact) mass is 643 g/mol. The van der Waals surface area contributed by atoms with Crippen molar-refractivity contribution in [1.29, 1.82) is 0 Å². The first-order valence-corrected chi connectivity index (χ1v) is 17.2. The first-order chi connectivity index (χ1) is 20.2. The molecule has 5 atom stereocenters. The lowest BCUT2D eigenvalue weighted by atomic mass is 9.83. The summed E-state index contributed by atoms with van der Waals surface area (Å²) in [5, 5.41) is 0. The van der Waals surface area contributed by atoms with Crippen LogP contribution in [0.3, 0.4) is 0 Å². The number of halogens is 3. The van der Waals surface area contributed by atoms with Crippen molar-refractivity contribution in [1.82, 2.24) is 13.9 Å². The third-order valence-corrected chi connectivity index (χ3v) is 11.7. The molecule has 1 amide bonds. The summed E-state index contributed by atoms with van der Waals surface area (Å²) in [5.74, 6) is -3.78. The van der Waals surface area contributed by atoms with Crippen LogP contribution in [0.1, 0.15) is 57.6 Å². The molecule has 2 bridgehead atoms. The molecule has 2 aliphatic rings. The van der Waals surface area contributed by atoms with Gasteiger partial charge < -0.3 is 9.64 Å². The Hall–Kier alpha value is -2.48. The minimum absolute atomic E-state index is 0.0302. The van der Waals surface area contributed by atoms with Gasteiger partial charge in [-0.1, -0.05) is 30.3 Å². The molecule has 2 saturated heterocycles. The van der Waals surface area contributed by atoms with E-state index in [-0.39, 0.29) is 48.9 Å². The van der Waals surface area contributed by atoms with Crippen LogP contribution in [-0.2, 0) is 38.8 Å². The van der Waals surface area contributed by atoms with Crippen molar-refractivity contribution in [3.63, 3.8) is 0 Å². The fraction of sp³-hybridized carbons (Fsp3) is 0.567. The molecule has 0 saturated carbocycles. The lowest BCUT2D eigenvalue weighted by Crippen LogP contribution is -2.53. The number of nitrogens with one attached hydrogen (secondary N) is 1. The number of amides is 1. The van der Waals surface area contributed by atoms with Gasteiger partial charge in [0.15, 0.2) is 11.6 Å². The zero-order valence-corrected chi connectivity index (χ0v) is 26.5. The highest BCUT2D eigenvalue weighted by molar-refractivity contribution is 7.89. The lowest BCUT2D eigenvalue weighted by molar-refractivity contribution is 0.106. The largest absolute Gasteiger partial charge is 0.445 e. The Morgan fingerprint density at radius 1 is 1.07 bits per heavy atom. The van der Waals surface area contributed by atoms with Crippen molar-refractivity contribution in [2.24, 2.45) is 5.92 Å². The van der Waals surface area contributed by atoms with Crippen LogP contribution in [0.4, 0.5) is 18.0 Å². The number of carbonyl (C=O) groups is 1. The average molecular weight is 644 g/mol. The highest BCUT2D eigenvalue weighted by Crippen LogP contribution is 2.42. The van der Waals surface area contributed by atoms with Gasteiger partial charge >= 0.3 is 6.09 Å². The van der Waals surface area contributed by atoms with E-state index in [4.69, 9.17) is 4.74 Å². The zero-order chi connectivity index (χ0) is 31.5. The van der Waals surface area contributed by atoms with Crippen molar-refractivity contribution in [2.75, 3.05) is 19.3 Å². The Morgan fingerprint density at radius 2 is 1.67 bits per heavy atom. The van der Waals surface area contributed by atoms with E-state index in [0.29, 0.717) is 31.7 Å². The van der Waals surface area contributed by atoms with E-state index in [0.717, 1.165) is 11.6 Å². The molecule has 0 aliphatic carbocycles. The van der Waals surface area contributed by atoms with Gasteiger partial charge in [0.1, 0.15) is 12.4 Å². The summed E-state index contributed by atoms with van der Waals surface area (Å²) in [5.41, 5.74) is 0.787. The Kier molecular flexibility index (Phi) is 10.6. The summed E-state index contributed by atoms with van der Waals surface area (Å²) < 4.78 is 91.6. The molecule has 0 spiro atoms. The zero-order valence-electron chi connectivity index (χ0n) is 24.9. The van der Waals surface area contributed by atoms with Crippen LogP contribution in [-0.4, -0.2) is 70.1 Å². The molecule has 1 N–H and O–H groups in total. The van der Waals surface area contributed by atoms with E-state index in [1.807, 2.05) is 30.3 Å². The maximum absolute atomic E-state index is 14.6. The number of hydrogen-bond donors (Lipinski definition) is 1. The van der Waals surface area contributed by atoms with Gasteiger partial charge in [0, 0.05) is 37.8 Å². The second-order valence-corrected chi connectivity index (χ2v) is 16.4. The van der Waals surface area contributed by atoms with Gasteiger partial charge in [-0.15, -0.1) is 0 Å². The normalized spacial score (nSPS) is 22.3. The van der Waals surface area contributed by atoms with Crippen molar-refractivity contribution in [2.45, 2.75) is 82.4 Å². The molecule has 0 radical (unpaired) electrons. The Labute approximate surface area is 254 Å². The SMILES string of the molecule is CN(CCS(=O)(=O)N1[C@@H]2CC[C@H]1CC([C@@H](Cc1cc(F)c(F)cc1F)NS(=O)C(C)(C)C)C2)C(=O)OCc1ccccc1. The smallest absolute Gasteiger partial charge is 0.409 e. The molecule has 2 aromatic rings. The summed E-state index contributed by atoms with van der Waals surface area (Å²) in [6, 6.07) is 9.33. The third-order valence-electron chi connectivity index (χ3n) is 8.14. The molecule has 13 heteroatoms. The first-order valence-electron chi connectivity index (χ1n) is 14.4. The number of hydrogen-bond acceptors (Lipinski definition) is 5. The number of nitrogens with zero attached hydrogens (tertiary/aromatic N) is 2. The second-order valence-electron chi connectivity index (χ2n) is 12.4. The molecular formula is C30H40F3N3O5S2. The molecule has 2 heterocycles. The third kappa shape index (κ3) is 8.37. The fourth-order valence-corrected chi connectivity index (χ4v) is 8.72. The second kappa shape index (κ2) is 13.7. The number of piperidine rings is 1. The van der Waals surface area contributed by atoms with E-state index < -0.39 is 55.3 Å². The molecule has 43 heavy (non-hydrogen) atoms. The predicted octanol–water partition coefficient (Wildman–Crippen LogP) is 4.91. The number of carbonyl (C=O) groups excluding carboxylic acids is 1. The van der Waals surface area contributed by atoms with Gasteiger partial charge in [0.2, 0.25) is 10.0 Å². The van der Waals surface area contributed by atoms with Crippen LogP contribution in [0, 0.1) is 23.4 Å². The number of ether oxygens (including phenoxy) is 1. The summed E-state index contributed by atoms with van der Waals surface area (Å²) in [7, 11) is -3.78. The quantitative estimate of drug-likeness (QED) is 0.352. The van der Waals surface area contributed by atoms with Gasteiger partial charge in [-0.2, -0.15) is 4.31 Å². The topological polar surface area (TPSA) is 96.0 Å². The summed E-state index contributed by atoms with van der Waals surface area (Å²) in [6.45, 7) is 5.41. The average Bonchev–Trinajstić information content (AvgIpc) is 3.23. The maximum Gasteiger partial charge on any atom is 0.409 e. The Morgan fingerprint density at radius 3 is 2.28 bits per heavy atom. The highest BCUT2D eigenvalue weighted by Gasteiger charge is 2.48. The first kappa shape index (κ1) is 33.4. The van der Waals surface area contributed by atoms with Crippen molar-refractivity contribution < 1.29 is 35.3 Å². The van der Waals surface area contributed by atoms with Crippen molar-refractivity contribution in [3.05, 3.63) is 71.0 Å². The van der Waals surface area contributed by atoms with E-state index in [2.05, 4.69) is 4.72 Å². The molecule has 0 aromatic heterocycles. The fourth-order valence-electron chi connectivity index (χ4n) is 5.81. The van der Waals surface area contributed by atoms with Crippen LogP contribution in [0.15, 0.2) is 42.5 Å². The van der Waals surface area contributed by atoms with Crippen LogP contribution < -0.4 is 4.72 Å². The molecular weight excluding hydrogens is 603 g/mol. The number of rotatable bonds is 11. The van der Waals surface area contributed by atoms with Crippen LogP contribution in [0.25, 0.3) is 0 Å². The summed E-state index contributed by atoms with van der Waals surface area (Å²) >= 11 is 0. The summed E-state index contributed by atoms with van der Waals surface area (Å²) in [6.07, 6.45) is 1.51. The number of benzene rings is 2. The minimum atomic E-state index is -3.73. The van der Waals surface area contributed by atoms with Gasteiger partial charge in [-0.3, -0.25) is 0 Å². The molecule has 2 aliphatic heterocycles. The van der Waals surface area contributed by atoms with Crippen LogP contribution >= 0.6 is 0 Å². The minimum Gasteiger partial charge on any atom is -0.445 e. The van der Waals surface area contributed by atoms with E-state index in [9.17, 15) is 30.6 Å². The standard InChI is InChI=1S/C30H40F3N3O5S2/c1-30(2,3)42(38)34-28(17-21-16-26(32)27(33)18-25(21)31)22-14-23-10-11-24(15-22)36(23)43(39,40)13-12-35(4)29(37)41-19-20-8-6-5-7-9-20/h5-9,16,18,22-24,28,34H,10-15,17,19H2,1-4H3/t22?,23-,24+,28-,42?/m1/s1. The molecule has 2 fully saturated rings. The van der Waals surface area contributed by atoms with Crippen molar-refractivity contribution >= 4 is 27.1 Å². The van der Waals surface area contributed by atoms with Gasteiger partial charge in [-0.25, -0.2) is 35.3 Å². The van der Waals surface area contributed by atoms with Crippen LogP contribution in [0.2, 0.25) is 0 Å². The van der Waals surface area contributed by atoms with E-state index in [1.54, 1.807) is 25.1 Å². The molecule has 238 valence electrons. The van der Waals surface area contributed by atoms with E-state index in [1.165, 1.54) is 11.9 Å². The molecule has 8 nitrogen and oxygen atoms in total. The maximum atomic E-state index is 14.6. The summed E-state index contributed by atoms with van der Waals surface area (Å²) in [4.78, 5) is 13.7. The van der Waals surface area contributed by atoms with Crippen LogP contribution in [0.5, 0.6) is 0 Å². The van der Waals surface area contributed by atoms with Crippen molar-refractivity contribution in [3.8, 4) is 0 Å². The molecule has 2 unspecified atom stereocenters. The van der Waals surface area contributed by atoms with Gasteiger partial charge in [-0.05, 0) is 76.0 Å². The predicted molar refractivity (Wildman–Crippen MR) is 159 cm³/mol.